The van der Waals surface area contributed by atoms with Crippen LogP contribution < -0.4 is 0 Å². The summed E-state index contributed by atoms with van der Waals surface area (Å²) in [5.74, 6) is 1.58. The molecule has 7 heteroatoms. The van der Waals surface area contributed by atoms with Crippen LogP contribution in [0.4, 0.5) is 0 Å². The second-order valence-corrected chi connectivity index (χ2v) is 7.06. The van der Waals surface area contributed by atoms with Crippen LogP contribution in [0, 0.1) is 0 Å². The highest BCUT2D eigenvalue weighted by Gasteiger charge is 2.27. The van der Waals surface area contributed by atoms with E-state index in [1.165, 1.54) is 0 Å². The molecule has 0 N–H and O–H groups in total. The van der Waals surface area contributed by atoms with E-state index in [-0.39, 0.29) is 18.4 Å². The van der Waals surface area contributed by atoms with Crippen LogP contribution in [0.1, 0.15) is 36.0 Å². The molecule has 0 saturated carbocycles. The number of halogens is 1. The Bertz CT molecular complexity index is 749. The molecule has 1 aliphatic rings. The Labute approximate surface area is 164 Å². The van der Waals surface area contributed by atoms with Gasteiger partial charge in [-0.2, -0.15) is 0 Å². The molecule has 1 fully saturated rings. The number of nitrogens with zero attached hydrogens (tertiary/aromatic N) is 2. The minimum absolute atomic E-state index is 0.00125. The fourth-order valence-electron chi connectivity index (χ4n) is 3.22. The van der Waals surface area contributed by atoms with E-state index < -0.39 is 0 Å². The van der Waals surface area contributed by atoms with Crippen LogP contribution in [0.2, 0.25) is 5.02 Å². The maximum Gasteiger partial charge on any atom is 0.248 e. The lowest BCUT2D eigenvalue weighted by molar-refractivity contribution is -0.137. The quantitative estimate of drug-likeness (QED) is 0.645. The maximum absolute atomic E-state index is 12.3. The molecule has 27 heavy (non-hydrogen) atoms. The van der Waals surface area contributed by atoms with Gasteiger partial charge in [-0.1, -0.05) is 29.8 Å². The first-order chi connectivity index (χ1) is 13.2. The van der Waals surface area contributed by atoms with Crippen molar-refractivity contribution in [1.29, 1.82) is 0 Å². The van der Waals surface area contributed by atoms with E-state index in [2.05, 4.69) is 4.98 Å². The van der Waals surface area contributed by atoms with Crippen molar-refractivity contribution in [1.82, 2.24) is 9.88 Å². The first-order valence-electron chi connectivity index (χ1n) is 9.20. The summed E-state index contributed by atoms with van der Waals surface area (Å²) in [5.41, 5.74) is 1.01. The van der Waals surface area contributed by atoms with Crippen LogP contribution in [0.25, 0.3) is 0 Å². The summed E-state index contributed by atoms with van der Waals surface area (Å²) in [6.45, 7) is 2.35. The van der Waals surface area contributed by atoms with Crippen LogP contribution in [0.15, 0.2) is 34.9 Å². The monoisotopic (exact) mass is 392 g/mol. The summed E-state index contributed by atoms with van der Waals surface area (Å²) in [6, 6.07) is 7.71. The number of amides is 1. The molecule has 1 aromatic carbocycles. The van der Waals surface area contributed by atoms with E-state index in [4.69, 9.17) is 25.5 Å². The molecule has 1 unspecified atom stereocenters. The Morgan fingerprint density at radius 3 is 3.04 bits per heavy atom. The third-order valence-corrected chi connectivity index (χ3v) is 5.04. The molecule has 1 aliphatic heterocycles. The summed E-state index contributed by atoms with van der Waals surface area (Å²) < 4.78 is 16.2. The number of rotatable bonds is 8. The molecule has 1 aromatic heterocycles. The SMILES string of the molecule is COCCOCC(=O)N1CCCC(c2ncc(Cc3ccccc3Cl)o2)C1. The molecule has 2 aromatic rings. The molecular formula is C20H25ClN2O4. The van der Waals surface area contributed by atoms with Crippen molar-refractivity contribution in [2.24, 2.45) is 0 Å². The average Bonchev–Trinajstić information content (AvgIpc) is 3.16. The van der Waals surface area contributed by atoms with Crippen molar-refractivity contribution in [3.63, 3.8) is 0 Å². The van der Waals surface area contributed by atoms with Gasteiger partial charge < -0.3 is 18.8 Å². The van der Waals surface area contributed by atoms with Crippen molar-refractivity contribution in [2.75, 3.05) is 40.0 Å². The predicted molar refractivity (Wildman–Crippen MR) is 102 cm³/mol. The number of hydrogen-bond acceptors (Lipinski definition) is 5. The summed E-state index contributed by atoms with van der Waals surface area (Å²) in [4.78, 5) is 18.6. The van der Waals surface area contributed by atoms with Gasteiger partial charge in [0, 0.05) is 31.6 Å². The number of piperidine rings is 1. The first-order valence-corrected chi connectivity index (χ1v) is 9.57. The molecule has 0 spiro atoms. The number of benzene rings is 1. The van der Waals surface area contributed by atoms with E-state index >= 15 is 0 Å². The van der Waals surface area contributed by atoms with Crippen LogP contribution in [0.5, 0.6) is 0 Å². The zero-order valence-electron chi connectivity index (χ0n) is 15.5. The highest BCUT2D eigenvalue weighted by Crippen LogP contribution is 2.28. The Kier molecular flexibility index (Phi) is 7.26. The largest absolute Gasteiger partial charge is 0.445 e. The summed E-state index contributed by atoms with van der Waals surface area (Å²) in [5, 5.41) is 0.721. The minimum Gasteiger partial charge on any atom is -0.445 e. The van der Waals surface area contributed by atoms with Gasteiger partial charge >= 0.3 is 0 Å². The fourth-order valence-corrected chi connectivity index (χ4v) is 3.42. The van der Waals surface area contributed by atoms with Gasteiger partial charge in [0.2, 0.25) is 5.91 Å². The van der Waals surface area contributed by atoms with Gasteiger partial charge in [-0.3, -0.25) is 4.79 Å². The van der Waals surface area contributed by atoms with Crippen LogP contribution in [0.3, 0.4) is 0 Å². The van der Waals surface area contributed by atoms with Gasteiger partial charge in [-0.05, 0) is 24.5 Å². The van der Waals surface area contributed by atoms with Gasteiger partial charge in [0.05, 0.1) is 25.3 Å². The zero-order valence-corrected chi connectivity index (χ0v) is 16.3. The Morgan fingerprint density at radius 1 is 1.37 bits per heavy atom. The lowest BCUT2D eigenvalue weighted by atomic mass is 9.98. The predicted octanol–water partition coefficient (Wildman–Crippen LogP) is 3.29. The molecule has 6 nitrogen and oxygen atoms in total. The van der Waals surface area contributed by atoms with E-state index in [0.29, 0.717) is 32.1 Å². The lowest BCUT2D eigenvalue weighted by Crippen LogP contribution is -2.41. The molecule has 1 saturated heterocycles. The molecule has 0 bridgehead atoms. The number of likely N-dealkylation sites (tertiary alicyclic amines) is 1. The molecular weight excluding hydrogens is 368 g/mol. The first kappa shape index (κ1) is 19.9. The summed E-state index contributed by atoms with van der Waals surface area (Å²) in [7, 11) is 1.61. The Balaban J connectivity index is 1.56. The summed E-state index contributed by atoms with van der Waals surface area (Å²) >= 11 is 6.22. The number of carbonyl (C=O) groups excluding carboxylic acids is 1. The normalized spacial score (nSPS) is 17.3. The van der Waals surface area contributed by atoms with Crippen molar-refractivity contribution < 1.29 is 18.7 Å². The van der Waals surface area contributed by atoms with Crippen molar-refractivity contribution >= 4 is 17.5 Å². The van der Waals surface area contributed by atoms with Gasteiger partial charge in [-0.25, -0.2) is 4.98 Å². The van der Waals surface area contributed by atoms with Crippen molar-refractivity contribution in [3.05, 3.63) is 52.7 Å². The molecule has 0 radical (unpaired) electrons. The second kappa shape index (κ2) is 9.88. The lowest BCUT2D eigenvalue weighted by Gasteiger charge is -2.31. The van der Waals surface area contributed by atoms with Crippen LogP contribution >= 0.6 is 11.6 Å². The molecule has 2 heterocycles. The number of oxazole rings is 1. The average molecular weight is 393 g/mol. The fraction of sp³-hybridized carbons (Fsp3) is 0.500. The highest BCUT2D eigenvalue weighted by molar-refractivity contribution is 6.31. The van der Waals surface area contributed by atoms with Gasteiger partial charge in [0.15, 0.2) is 5.89 Å². The molecule has 146 valence electrons. The topological polar surface area (TPSA) is 64.8 Å². The number of ether oxygens (including phenoxy) is 2. The van der Waals surface area contributed by atoms with E-state index in [1.807, 2.05) is 29.2 Å². The van der Waals surface area contributed by atoms with Gasteiger partial charge in [-0.15, -0.1) is 0 Å². The summed E-state index contributed by atoms with van der Waals surface area (Å²) in [6.07, 6.45) is 4.25. The molecule has 1 atom stereocenters. The molecule has 0 aliphatic carbocycles. The third kappa shape index (κ3) is 5.54. The zero-order chi connectivity index (χ0) is 19.1. The minimum atomic E-state index is -0.00125. The number of hydrogen-bond donors (Lipinski definition) is 0. The second-order valence-electron chi connectivity index (χ2n) is 6.66. The Hall–Kier alpha value is -1.89. The van der Waals surface area contributed by atoms with Crippen molar-refractivity contribution in [2.45, 2.75) is 25.2 Å². The smallest absolute Gasteiger partial charge is 0.248 e. The van der Waals surface area contributed by atoms with E-state index in [0.717, 1.165) is 35.7 Å². The number of carbonyl (C=O) groups is 1. The number of aromatic nitrogens is 1. The van der Waals surface area contributed by atoms with Crippen molar-refractivity contribution in [3.8, 4) is 0 Å². The van der Waals surface area contributed by atoms with Crippen LogP contribution in [-0.4, -0.2) is 55.8 Å². The maximum atomic E-state index is 12.3. The molecule has 3 rings (SSSR count). The standard InChI is InChI=1S/C20H25ClN2O4/c1-25-9-10-26-14-19(24)23-8-4-6-16(13-23)20-22-12-17(27-20)11-15-5-2-3-7-18(15)21/h2-3,5,7,12,16H,4,6,8-11,13-14H2,1H3. The van der Waals surface area contributed by atoms with E-state index in [9.17, 15) is 4.79 Å². The third-order valence-electron chi connectivity index (χ3n) is 4.67. The van der Waals surface area contributed by atoms with Crippen LogP contribution in [-0.2, 0) is 20.7 Å². The molecule has 1 amide bonds. The Morgan fingerprint density at radius 2 is 2.22 bits per heavy atom. The number of methoxy groups -OCH3 is 1. The van der Waals surface area contributed by atoms with E-state index in [1.54, 1.807) is 13.3 Å². The highest BCUT2D eigenvalue weighted by atomic mass is 35.5. The van der Waals surface area contributed by atoms with Gasteiger partial charge in [0.25, 0.3) is 0 Å². The van der Waals surface area contributed by atoms with Gasteiger partial charge in [0.1, 0.15) is 12.4 Å².